The average molecular weight is 273 g/mol. The van der Waals surface area contributed by atoms with Gasteiger partial charge in [-0.05, 0) is 37.3 Å². The second-order valence-electron chi connectivity index (χ2n) is 5.74. The maximum absolute atomic E-state index is 6.28. The largest absolute Gasteiger partial charge is 0.497 e. The summed E-state index contributed by atoms with van der Waals surface area (Å²) in [5.74, 6) is 2.69. The third kappa shape index (κ3) is 2.52. The second kappa shape index (κ2) is 5.44. The fourth-order valence-electron chi connectivity index (χ4n) is 2.82. The van der Waals surface area contributed by atoms with Crippen molar-refractivity contribution in [1.82, 2.24) is 9.55 Å². The van der Waals surface area contributed by atoms with Crippen LogP contribution < -0.4 is 10.5 Å². The second-order valence-corrected chi connectivity index (χ2v) is 5.74. The Balaban J connectivity index is 1.97. The molecule has 1 aromatic heterocycles. The standard InChI is InChI=1S/C16H23N3O/c1-3-8-19-15-7-6-12(20-2)9-14(15)18-16(19)10-13(17)11-4-5-11/h6-7,9,11,13H,3-5,8,10,17H2,1-2H3. The topological polar surface area (TPSA) is 53.1 Å². The maximum atomic E-state index is 6.28. The van der Waals surface area contributed by atoms with Crippen LogP contribution in [-0.2, 0) is 13.0 Å². The number of imidazole rings is 1. The van der Waals surface area contributed by atoms with E-state index in [1.54, 1.807) is 7.11 Å². The summed E-state index contributed by atoms with van der Waals surface area (Å²) >= 11 is 0. The van der Waals surface area contributed by atoms with Gasteiger partial charge in [-0.3, -0.25) is 0 Å². The van der Waals surface area contributed by atoms with E-state index < -0.39 is 0 Å². The van der Waals surface area contributed by atoms with Crippen molar-refractivity contribution in [2.45, 2.75) is 45.2 Å². The molecule has 0 spiro atoms. The zero-order valence-electron chi connectivity index (χ0n) is 12.3. The van der Waals surface area contributed by atoms with Crippen LogP contribution in [0.2, 0.25) is 0 Å². The maximum Gasteiger partial charge on any atom is 0.121 e. The van der Waals surface area contributed by atoms with E-state index in [0.717, 1.165) is 36.5 Å². The first kappa shape index (κ1) is 13.4. The minimum absolute atomic E-state index is 0.254. The van der Waals surface area contributed by atoms with Crippen molar-refractivity contribution < 1.29 is 4.74 Å². The molecule has 1 aliphatic carbocycles. The lowest BCUT2D eigenvalue weighted by molar-refractivity contribution is 0.415. The number of methoxy groups -OCH3 is 1. The first-order chi connectivity index (χ1) is 9.72. The van der Waals surface area contributed by atoms with Crippen molar-refractivity contribution in [1.29, 1.82) is 0 Å². The molecule has 1 saturated carbocycles. The van der Waals surface area contributed by atoms with Crippen LogP contribution in [0.15, 0.2) is 18.2 Å². The lowest BCUT2D eigenvalue weighted by Gasteiger charge is -2.12. The molecular formula is C16H23N3O. The van der Waals surface area contributed by atoms with Crippen LogP contribution in [0.4, 0.5) is 0 Å². The van der Waals surface area contributed by atoms with Gasteiger partial charge in [-0.15, -0.1) is 0 Å². The molecule has 2 aromatic rings. The highest BCUT2D eigenvalue weighted by molar-refractivity contribution is 5.77. The highest BCUT2D eigenvalue weighted by Crippen LogP contribution is 2.33. The fourth-order valence-corrected chi connectivity index (χ4v) is 2.82. The highest BCUT2D eigenvalue weighted by atomic mass is 16.5. The van der Waals surface area contributed by atoms with Gasteiger partial charge in [0.25, 0.3) is 0 Å². The van der Waals surface area contributed by atoms with Crippen molar-refractivity contribution in [2.24, 2.45) is 11.7 Å². The molecule has 1 aliphatic rings. The third-order valence-electron chi connectivity index (χ3n) is 4.13. The minimum atomic E-state index is 0.254. The van der Waals surface area contributed by atoms with Crippen LogP contribution >= 0.6 is 0 Å². The summed E-state index contributed by atoms with van der Waals surface area (Å²) in [6.07, 6.45) is 4.54. The van der Waals surface area contributed by atoms with E-state index in [4.69, 9.17) is 15.5 Å². The van der Waals surface area contributed by atoms with Crippen LogP contribution in [-0.4, -0.2) is 22.7 Å². The SMILES string of the molecule is CCCn1c(CC(N)C2CC2)nc2cc(OC)ccc21. The molecule has 1 aromatic carbocycles. The van der Waals surface area contributed by atoms with Gasteiger partial charge in [0.2, 0.25) is 0 Å². The van der Waals surface area contributed by atoms with E-state index in [-0.39, 0.29) is 6.04 Å². The molecule has 4 heteroatoms. The predicted molar refractivity (Wildman–Crippen MR) is 81.0 cm³/mol. The summed E-state index contributed by atoms with van der Waals surface area (Å²) in [5, 5.41) is 0. The van der Waals surface area contributed by atoms with Gasteiger partial charge in [-0.1, -0.05) is 6.92 Å². The molecule has 0 saturated heterocycles. The number of nitrogens with two attached hydrogens (primary N) is 1. The average Bonchev–Trinajstić information content (AvgIpc) is 3.24. The van der Waals surface area contributed by atoms with Gasteiger partial charge in [-0.25, -0.2) is 4.98 Å². The molecule has 0 bridgehead atoms. The Morgan fingerprint density at radius 1 is 1.45 bits per heavy atom. The lowest BCUT2D eigenvalue weighted by Crippen LogP contribution is -2.26. The number of nitrogens with zero attached hydrogens (tertiary/aromatic N) is 2. The molecule has 1 unspecified atom stereocenters. The smallest absolute Gasteiger partial charge is 0.121 e. The van der Waals surface area contributed by atoms with Gasteiger partial charge in [0.05, 0.1) is 18.1 Å². The van der Waals surface area contributed by atoms with Crippen LogP contribution in [0.3, 0.4) is 0 Å². The third-order valence-corrected chi connectivity index (χ3v) is 4.13. The molecule has 20 heavy (non-hydrogen) atoms. The van der Waals surface area contributed by atoms with E-state index >= 15 is 0 Å². The summed E-state index contributed by atoms with van der Waals surface area (Å²) in [6.45, 7) is 3.19. The Morgan fingerprint density at radius 2 is 2.25 bits per heavy atom. The summed E-state index contributed by atoms with van der Waals surface area (Å²) in [5.41, 5.74) is 8.47. The molecule has 0 amide bonds. The van der Waals surface area contributed by atoms with Crippen molar-refractivity contribution in [3.63, 3.8) is 0 Å². The Kier molecular flexibility index (Phi) is 3.66. The van der Waals surface area contributed by atoms with E-state index in [9.17, 15) is 0 Å². The molecular weight excluding hydrogens is 250 g/mol. The summed E-state index contributed by atoms with van der Waals surface area (Å²) in [4.78, 5) is 4.79. The van der Waals surface area contributed by atoms with E-state index in [2.05, 4.69) is 17.6 Å². The zero-order valence-corrected chi connectivity index (χ0v) is 12.3. The van der Waals surface area contributed by atoms with Gasteiger partial charge < -0.3 is 15.0 Å². The summed E-state index contributed by atoms with van der Waals surface area (Å²) in [7, 11) is 1.69. The number of hydrogen-bond acceptors (Lipinski definition) is 3. The monoisotopic (exact) mass is 273 g/mol. The molecule has 4 nitrogen and oxygen atoms in total. The fraction of sp³-hybridized carbons (Fsp3) is 0.562. The van der Waals surface area contributed by atoms with Gasteiger partial charge >= 0.3 is 0 Å². The normalized spacial score (nSPS) is 16.6. The molecule has 0 radical (unpaired) electrons. The molecule has 1 heterocycles. The number of hydrogen-bond donors (Lipinski definition) is 1. The molecule has 1 fully saturated rings. The number of ether oxygens (including phenoxy) is 1. The minimum Gasteiger partial charge on any atom is -0.497 e. The Labute approximate surface area is 119 Å². The van der Waals surface area contributed by atoms with Crippen molar-refractivity contribution in [3.05, 3.63) is 24.0 Å². The first-order valence-electron chi connectivity index (χ1n) is 7.51. The van der Waals surface area contributed by atoms with Crippen LogP contribution in [0.5, 0.6) is 5.75 Å². The van der Waals surface area contributed by atoms with Gasteiger partial charge in [0.15, 0.2) is 0 Å². The number of fused-ring (bicyclic) bond motifs is 1. The lowest BCUT2D eigenvalue weighted by atomic mass is 10.1. The van der Waals surface area contributed by atoms with E-state index in [0.29, 0.717) is 5.92 Å². The van der Waals surface area contributed by atoms with E-state index in [1.807, 2.05) is 12.1 Å². The Bertz CT molecular complexity index is 601. The molecule has 1 atom stereocenters. The van der Waals surface area contributed by atoms with Crippen LogP contribution in [0.25, 0.3) is 11.0 Å². The number of aromatic nitrogens is 2. The Morgan fingerprint density at radius 3 is 2.90 bits per heavy atom. The van der Waals surface area contributed by atoms with Crippen LogP contribution in [0.1, 0.15) is 32.0 Å². The number of benzene rings is 1. The van der Waals surface area contributed by atoms with Gasteiger partial charge in [0.1, 0.15) is 11.6 Å². The van der Waals surface area contributed by atoms with Crippen molar-refractivity contribution in [3.8, 4) is 5.75 Å². The van der Waals surface area contributed by atoms with Crippen LogP contribution in [0, 0.1) is 5.92 Å². The highest BCUT2D eigenvalue weighted by Gasteiger charge is 2.29. The number of aryl methyl sites for hydroxylation is 1. The molecule has 0 aliphatic heterocycles. The molecule has 3 rings (SSSR count). The predicted octanol–water partition coefficient (Wildman–Crippen LogP) is 2.73. The van der Waals surface area contributed by atoms with Crippen molar-refractivity contribution in [2.75, 3.05) is 7.11 Å². The summed E-state index contributed by atoms with van der Waals surface area (Å²) < 4.78 is 7.60. The zero-order chi connectivity index (χ0) is 14.1. The Hall–Kier alpha value is -1.55. The quantitative estimate of drug-likeness (QED) is 0.880. The van der Waals surface area contributed by atoms with Gasteiger partial charge in [0, 0.05) is 25.1 Å². The molecule has 108 valence electrons. The molecule has 2 N–H and O–H groups in total. The van der Waals surface area contributed by atoms with E-state index in [1.165, 1.54) is 18.4 Å². The number of rotatable bonds is 6. The van der Waals surface area contributed by atoms with Crippen molar-refractivity contribution >= 4 is 11.0 Å². The van der Waals surface area contributed by atoms with Gasteiger partial charge in [-0.2, -0.15) is 0 Å². The first-order valence-corrected chi connectivity index (χ1v) is 7.51. The summed E-state index contributed by atoms with van der Waals surface area (Å²) in [6, 6.07) is 6.36.